The van der Waals surface area contributed by atoms with Crippen molar-refractivity contribution in [1.82, 2.24) is 30.7 Å². The van der Waals surface area contributed by atoms with E-state index < -0.39 is 35.4 Å². The summed E-state index contributed by atoms with van der Waals surface area (Å²) in [6, 6.07) is -1.58. The molecule has 3 aromatic rings. The minimum atomic E-state index is -1.64. The second-order valence-electron chi connectivity index (χ2n) is 8.12. The first-order valence-corrected chi connectivity index (χ1v) is 10.6. The van der Waals surface area contributed by atoms with Gasteiger partial charge in [0.2, 0.25) is 17.4 Å². The van der Waals surface area contributed by atoms with Gasteiger partial charge in [0.05, 0.1) is 36.3 Å². The number of nitrogens with zero attached hydrogens (tertiary/aromatic N) is 5. The van der Waals surface area contributed by atoms with Crippen LogP contribution in [0.4, 0.5) is 10.5 Å². The van der Waals surface area contributed by atoms with Crippen molar-refractivity contribution in [3.63, 3.8) is 0 Å². The predicted molar refractivity (Wildman–Crippen MR) is 112 cm³/mol. The maximum absolute atomic E-state index is 13.2. The van der Waals surface area contributed by atoms with E-state index in [9.17, 15) is 14.4 Å². The number of halogens is 1. The largest absolute Gasteiger partial charge is 0.374 e. The molecule has 3 aromatic heterocycles. The summed E-state index contributed by atoms with van der Waals surface area (Å²) in [6.07, 6.45) is 3.95. The third-order valence-corrected chi connectivity index (χ3v) is 6.75. The zero-order valence-electron chi connectivity index (χ0n) is 17.2. The lowest BCUT2D eigenvalue weighted by atomic mass is 9.68. The molecule has 0 radical (unpaired) electrons. The lowest BCUT2D eigenvalue weighted by molar-refractivity contribution is -0.151. The number of morpholine rings is 1. The number of carbonyl (C=O) groups is 3. The summed E-state index contributed by atoms with van der Waals surface area (Å²) >= 11 is 6.80. The topological polar surface area (TPSA) is 152 Å². The Hall–Kier alpha value is -3.64. The highest BCUT2D eigenvalue weighted by Gasteiger charge is 2.63. The Morgan fingerprint density at radius 3 is 2.73 bits per heavy atom. The van der Waals surface area contributed by atoms with Crippen molar-refractivity contribution in [3.8, 4) is 11.4 Å². The molecule has 0 aliphatic carbocycles. The minimum absolute atomic E-state index is 0.0944. The fourth-order valence-electron chi connectivity index (χ4n) is 5.06. The molecule has 6 heterocycles. The fourth-order valence-corrected chi connectivity index (χ4v) is 5.40. The number of urea groups is 1. The summed E-state index contributed by atoms with van der Waals surface area (Å²) in [5, 5.41) is 8.83. The summed E-state index contributed by atoms with van der Waals surface area (Å²) in [5.74, 6) is -1.40. The minimum Gasteiger partial charge on any atom is -0.374 e. The van der Waals surface area contributed by atoms with E-state index in [-0.39, 0.29) is 17.0 Å². The van der Waals surface area contributed by atoms with Crippen molar-refractivity contribution in [3.05, 3.63) is 29.3 Å². The quantitative estimate of drug-likeness (QED) is 0.490. The number of aromatic nitrogens is 4. The Morgan fingerprint density at radius 1 is 1.21 bits per heavy atom. The Labute approximate surface area is 190 Å². The summed E-state index contributed by atoms with van der Waals surface area (Å²) in [5.41, 5.74) is 0.679. The molecule has 0 saturated carbocycles. The molecule has 2 fully saturated rings. The maximum atomic E-state index is 13.2. The first kappa shape index (κ1) is 20.0. The summed E-state index contributed by atoms with van der Waals surface area (Å²) in [7, 11) is 0. The van der Waals surface area contributed by atoms with Crippen LogP contribution >= 0.6 is 11.6 Å². The molecular formula is C20H16ClN7O5. The second kappa shape index (κ2) is 6.93. The van der Waals surface area contributed by atoms with Gasteiger partial charge in [-0.1, -0.05) is 16.8 Å². The average molecular weight is 470 g/mol. The average Bonchev–Trinajstić information content (AvgIpc) is 3.22. The molecule has 33 heavy (non-hydrogen) atoms. The normalized spacial score (nSPS) is 23.8. The van der Waals surface area contributed by atoms with E-state index in [0.717, 1.165) is 0 Å². The molecule has 4 amide bonds. The molecule has 13 heteroatoms. The van der Waals surface area contributed by atoms with E-state index in [0.29, 0.717) is 41.4 Å². The van der Waals surface area contributed by atoms with Crippen LogP contribution in [-0.4, -0.2) is 63.3 Å². The van der Waals surface area contributed by atoms with E-state index in [1.165, 1.54) is 18.6 Å². The number of imide groups is 2. The number of ether oxygens (including phenoxy) is 1. The first-order valence-electron chi connectivity index (χ1n) is 10.2. The van der Waals surface area contributed by atoms with Gasteiger partial charge in [0.25, 0.3) is 0 Å². The van der Waals surface area contributed by atoms with Crippen LogP contribution < -0.4 is 15.5 Å². The van der Waals surface area contributed by atoms with Gasteiger partial charge in [-0.3, -0.25) is 30.2 Å². The molecule has 3 aliphatic heterocycles. The van der Waals surface area contributed by atoms with Crippen molar-refractivity contribution in [2.75, 3.05) is 18.1 Å². The van der Waals surface area contributed by atoms with Crippen LogP contribution in [0.15, 0.2) is 23.1 Å². The van der Waals surface area contributed by atoms with Gasteiger partial charge in [-0.2, -0.15) is 0 Å². The molecule has 3 aliphatic rings. The Bertz CT molecular complexity index is 1320. The number of nitrogens with one attached hydrogen (secondary N) is 2. The molecule has 168 valence electrons. The zero-order chi connectivity index (χ0) is 22.9. The first-order chi connectivity index (χ1) is 15.9. The molecule has 2 N–H and O–H groups in total. The molecule has 2 atom stereocenters. The highest BCUT2D eigenvalue weighted by atomic mass is 35.5. The number of anilines is 1. The van der Waals surface area contributed by atoms with Gasteiger partial charge < -0.3 is 14.2 Å². The Morgan fingerprint density at radius 2 is 2.00 bits per heavy atom. The van der Waals surface area contributed by atoms with Gasteiger partial charge in [-0.05, 0) is 6.92 Å². The van der Waals surface area contributed by atoms with Crippen LogP contribution in [0.2, 0.25) is 5.02 Å². The van der Waals surface area contributed by atoms with E-state index in [1.54, 1.807) is 6.92 Å². The molecule has 2 saturated heterocycles. The third-order valence-electron chi connectivity index (χ3n) is 6.40. The molecule has 1 spiro atoms. The molecule has 2 unspecified atom stereocenters. The number of fused-ring (bicyclic) bond motifs is 5. The maximum Gasteiger partial charge on any atom is 0.328 e. The molecule has 0 aromatic carbocycles. The highest BCUT2D eigenvalue weighted by molar-refractivity contribution is 6.38. The van der Waals surface area contributed by atoms with Crippen LogP contribution in [-0.2, 0) is 20.7 Å². The Kier molecular flexibility index (Phi) is 4.20. The SMILES string of the molecule is CC1OCCN2c3c(nc4c(-c5cnccn5)noc4c3Cl)CC3(C(=O)NC(=O)NC3=O)C12. The van der Waals surface area contributed by atoms with Crippen LogP contribution in [0.25, 0.3) is 22.5 Å². The summed E-state index contributed by atoms with van der Waals surface area (Å²) < 4.78 is 11.3. The number of pyridine rings is 1. The molecule has 0 bridgehead atoms. The third kappa shape index (κ3) is 2.64. The van der Waals surface area contributed by atoms with Crippen LogP contribution in [0.5, 0.6) is 0 Å². The Balaban J connectivity index is 1.60. The van der Waals surface area contributed by atoms with E-state index in [1.807, 2.05) is 4.90 Å². The van der Waals surface area contributed by atoms with Crippen molar-refractivity contribution in [2.45, 2.75) is 25.5 Å². The summed E-state index contributed by atoms with van der Waals surface area (Å²) in [6.45, 7) is 2.49. The van der Waals surface area contributed by atoms with Crippen LogP contribution in [0, 0.1) is 5.41 Å². The van der Waals surface area contributed by atoms with Crippen molar-refractivity contribution < 1.29 is 23.6 Å². The number of barbiturate groups is 1. The fraction of sp³-hybridized carbons (Fsp3) is 0.350. The standard InChI is InChI=1S/C20H16ClN7O5/c1-8-16-20(17(29)25-19(31)26-18(20)30)6-9-14(28(16)4-5-32-8)11(21)15-13(24-9)12(27-33-15)10-7-22-2-3-23-10/h2-3,7-8,16H,4-6H2,1H3,(H2,25,26,29,30,31). The lowest BCUT2D eigenvalue weighted by Crippen LogP contribution is -2.74. The molecule has 12 nitrogen and oxygen atoms in total. The monoisotopic (exact) mass is 469 g/mol. The van der Waals surface area contributed by atoms with Crippen molar-refractivity contribution >= 4 is 46.2 Å². The number of amides is 4. The van der Waals surface area contributed by atoms with Crippen LogP contribution in [0.1, 0.15) is 12.6 Å². The van der Waals surface area contributed by atoms with E-state index in [4.69, 9.17) is 25.8 Å². The van der Waals surface area contributed by atoms with Crippen molar-refractivity contribution in [2.24, 2.45) is 5.41 Å². The van der Waals surface area contributed by atoms with Gasteiger partial charge >= 0.3 is 6.03 Å². The van der Waals surface area contributed by atoms with E-state index >= 15 is 0 Å². The van der Waals surface area contributed by atoms with Gasteiger partial charge in [0.1, 0.15) is 16.2 Å². The number of hydrogen-bond donors (Lipinski definition) is 2. The molecular weight excluding hydrogens is 454 g/mol. The van der Waals surface area contributed by atoms with Gasteiger partial charge in [-0.15, -0.1) is 0 Å². The van der Waals surface area contributed by atoms with Gasteiger partial charge in [0.15, 0.2) is 11.1 Å². The van der Waals surface area contributed by atoms with Crippen molar-refractivity contribution in [1.29, 1.82) is 0 Å². The zero-order valence-corrected chi connectivity index (χ0v) is 17.9. The number of hydrogen-bond acceptors (Lipinski definition) is 10. The predicted octanol–water partition coefficient (Wildman–Crippen LogP) is 0.835. The van der Waals surface area contributed by atoms with Gasteiger partial charge in [0, 0.05) is 25.4 Å². The van der Waals surface area contributed by atoms with E-state index in [2.05, 4.69) is 25.8 Å². The number of carbonyl (C=O) groups excluding carboxylic acids is 3. The smallest absolute Gasteiger partial charge is 0.328 e. The van der Waals surface area contributed by atoms with Crippen LogP contribution in [0.3, 0.4) is 0 Å². The van der Waals surface area contributed by atoms with Gasteiger partial charge in [-0.25, -0.2) is 9.78 Å². The second-order valence-corrected chi connectivity index (χ2v) is 8.50. The number of rotatable bonds is 1. The highest BCUT2D eigenvalue weighted by Crippen LogP contribution is 2.49. The lowest BCUT2D eigenvalue weighted by Gasteiger charge is -2.53. The summed E-state index contributed by atoms with van der Waals surface area (Å²) in [4.78, 5) is 53.1. The molecule has 6 rings (SSSR count).